The summed E-state index contributed by atoms with van der Waals surface area (Å²) in [5.74, 6) is 0.695. The van der Waals surface area contributed by atoms with Crippen LogP contribution < -0.4 is 4.74 Å². The molecule has 0 radical (unpaired) electrons. The molecule has 0 spiro atoms. The molecular weight excluding hydrogens is 264 g/mol. The Hall–Kier alpha value is -2.54. The van der Waals surface area contributed by atoms with E-state index < -0.39 is 0 Å². The molecule has 1 aromatic carbocycles. The molecule has 2 aliphatic rings. The van der Waals surface area contributed by atoms with Gasteiger partial charge in [0, 0.05) is 18.0 Å². The molecule has 2 unspecified atom stereocenters. The van der Waals surface area contributed by atoms with E-state index in [1.54, 1.807) is 12.0 Å². The number of nitriles is 1. The van der Waals surface area contributed by atoms with E-state index in [0.717, 1.165) is 17.0 Å². The van der Waals surface area contributed by atoms with E-state index in [0.29, 0.717) is 13.0 Å². The fourth-order valence-electron chi connectivity index (χ4n) is 2.91. The van der Waals surface area contributed by atoms with Crippen molar-refractivity contribution < 1.29 is 9.53 Å². The number of nitrogens with zero attached hydrogens (tertiary/aromatic N) is 2. The molecule has 1 amide bonds. The summed E-state index contributed by atoms with van der Waals surface area (Å²) in [6.45, 7) is 0.539. The number of ether oxygens (including phenoxy) is 1. The standard InChI is InChI=1S/C17H16N2O2/c1-21-14-7-5-12(6-8-14)11-19-16-4-2-3-13(10-18)15(16)9-17(19)20/h2-8,13,15H,9,11H2,1H3. The number of carbonyl (C=O) groups excluding carboxylic acids is 1. The minimum Gasteiger partial charge on any atom is -0.497 e. The molecule has 4 heteroatoms. The van der Waals surface area contributed by atoms with Gasteiger partial charge in [0.1, 0.15) is 5.75 Å². The van der Waals surface area contributed by atoms with Crippen molar-refractivity contribution in [1.29, 1.82) is 5.26 Å². The highest BCUT2D eigenvalue weighted by atomic mass is 16.5. The van der Waals surface area contributed by atoms with Crippen LogP contribution in [0.25, 0.3) is 0 Å². The lowest BCUT2D eigenvalue weighted by atomic mass is 9.86. The third-order valence-electron chi connectivity index (χ3n) is 4.05. The fourth-order valence-corrected chi connectivity index (χ4v) is 2.91. The summed E-state index contributed by atoms with van der Waals surface area (Å²) in [6.07, 6.45) is 6.12. The van der Waals surface area contributed by atoms with Crippen LogP contribution >= 0.6 is 0 Å². The number of methoxy groups -OCH3 is 1. The molecule has 106 valence electrons. The Morgan fingerprint density at radius 1 is 1.38 bits per heavy atom. The summed E-state index contributed by atoms with van der Waals surface area (Å²) < 4.78 is 5.14. The van der Waals surface area contributed by atoms with Gasteiger partial charge in [-0.05, 0) is 23.8 Å². The second-order valence-corrected chi connectivity index (χ2v) is 5.27. The smallest absolute Gasteiger partial charge is 0.227 e. The van der Waals surface area contributed by atoms with Gasteiger partial charge < -0.3 is 9.64 Å². The van der Waals surface area contributed by atoms with Gasteiger partial charge in [-0.1, -0.05) is 24.3 Å². The molecule has 1 saturated heterocycles. The molecule has 3 rings (SSSR count). The zero-order valence-electron chi connectivity index (χ0n) is 11.8. The molecule has 1 aliphatic carbocycles. The molecule has 0 bridgehead atoms. The molecule has 0 saturated carbocycles. The Morgan fingerprint density at radius 2 is 2.14 bits per heavy atom. The van der Waals surface area contributed by atoms with Crippen molar-refractivity contribution in [2.75, 3.05) is 7.11 Å². The number of amides is 1. The highest BCUT2D eigenvalue weighted by molar-refractivity contribution is 5.82. The van der Waals surface area contributed by atoms with E-state index in [2.05, 4.69) is 6.07 Å². The van der Waals surface area contributed by atoms with E-state index in [4.69, 9.17) is 4.74 Å². The molecule has 1 heterocycles. The quantitative estimate of drug-likeness (QED) is 0.855. The molecule has 1 fully saturated rings. The first-order chi connectivity index (χ1) is 10.2. The Balaban J connectivity index is 1.82. The van der Waals surface area contributed by atoms with E-state index in [9.17, 15) is 10.1 Å². The van der Waals surface area contributed by atoms with Gasteiger partial charge in [-0.2, -0.15) is 5.26 Å². The Kier molecular flexibility index (Phi) is 3.49. The average Bonchev–Trinajstić information content (AvgIpc) is 2.84. The molecule has 4 nitrogen and oxygen atoms in total. The zero-order valence-corrected chi connectivity index (χ0v) is 11.8. The van der Waals surface area contributed by atoms with Crippen molar-refractivity contribution >= 4 is 5.91 Å². The molecular formula is C17H16N2O2. The van der Waals surface area contributed by atoms with Gasteiger partial charge in [-0.25, -0.2) is 0 Å². The molecule has 21 heavy (non-hydrogen) atoms. The largest absolute Gasteiger partial charge is 0.497 e. The average molecular weight is 280 g/mol. The summed E-state index contributed by atoms with van der Waals surface area (Å²) in [5.41, 5.74) is 2.01. The van der Waals surface area contributed by atoms with Crippen molar-refractivity contribution in [3.05, 3.63) is 53.8 Å². The number of hydrogen-bond acceptors (Lipinski definition) is 3. The van der Waals surface area contributed by atoms with Crippen molar-refractivity contribution in [2.45, 2.75) is 13.0 Å². The van der Waals surface area contributed by atoms with Gasteiger partial charge in [0.2, 0.25) is 5.91 Å². The lowest BCUT2D eigenvalue weighted by molar-refractivity contribution is -0.127. The van der Waals surface area contributed by atoms with Crippen LogP contribution in [0.15, 0.2) is 48.2 Å². The predicted molar refractivity (Wildman–Crippen MR) is 78.0 cm³/mol. The number of benzene rings is 1. The van der Waals surface area contributed by atoms with Gasteiger partial charge in [0.15, 0.2) is 0 Å². The van der Waals surface area contributed by atoms with Gasteiger partial charge >= 0.3 is 0 Å². The third-order valence-corrected chi connectivity index (χ3v) is 4.05. The first-order valence-electron chi connectivity index (χ1n) is 6.94. The number of hydrogen-bond donors (Lipinski definition) is 0. The lowest BCUT2D eigenvalue weighted by Crippen LogP contribution is -2.24. The van der Waals surface area contributed by atoms with Crippen LogP contribution in [-0.2, 0) is 11.3 Å². The van der Waals surface area contributed by atoms with Crippen LogP contribution in [0, 0.1) is 23.2 Å². The maximum absolute atomic E-state index is 12.3. The number of rotatable bonds is 3. The monoisotopic (exact) mass is 280 g/mol. The third kappa shape index (κ3) is 2.43. The van der Waals surface area contributed by atoms with Crippen molar-refractivity contribution in [2.24, 2.45) is 11.8 Å². The predicted octanol–water partition coefficient (Wildman–Crippen LogP) is 2.64. The van der Waals surface area contributed by atoms with Crippen LogP contribution in [-0.4, -0.2) is 17.9 Å². The van der Waals surface area contributed by atoms with Gasteiger partial charge in [0.05, 0.1) is 25.6 Å². The Bertz CT molecular complexity index is 652. The first kappa shape index (κ1) is 13.4. The lowest BCUT2D eigenvalue weighted by Gasteiger charge is -2.23. The normalized spacial score (nSPS) is 23.5. The van der Waals surface area contributed by atoms with Gasteiger partial charge in [-0.15, -0.1) is 0 Å². The first-order valence-corrected chi connectivity index (χ1v) is 6.94. The van der Waals surface area contributed by atoms with Crippen molar-refractivity contribution in [3.8, 4) is 11.8 Å². The van der Waals surface area contributed by atoms with E-state index in [1.807, 2.05) is 42.5 Å². The van der Waals surface area contributed by atoms with Crippen LogP contribution in [0.2, 0.25) is 0 Å². The highest BCUT2D eigenvalue weighted by Crippen LogP contribution is 2.38. The molecule has 1 aromatic rings. The second-order valence-electron chi connectivity index (χ2n) is 5.27. The minimum absolute atomic E-state index is 0.00532. The maximum atomic E-state index is 12.3. The summed E-state index contributed by atoms with van der Waals surface area (Å²) in [6, 6.07) is 9.97. The number of carbonyl (C=O) groups is 1. The van der Waals surface area contributed by atoms with E-state index in [-0.39, 0.29) is 17.7 Å². The van der Waals surface area contributed by atoms with Crippen molar-refractivity contribution in [1.82, 2.24) is 4.90 Å². The Morgan fingerprint density at radius 3 is 2.81 bits per heavy atom. The summed E-state index contributed by atoms with van der Waals surface area (Å²) >= 11 is 0. The van der Waals surface area contributed by atoms with Gasteiger partial charge in [-0.3, -0.25) is 4.79 Å². The summed E-state index contributed by atoms with van der Waals surface area (Å²) in [7, 11) is 1.63. The highest BCUT2D eigenvalue weighted by Gasteiger charge is 2.39. The summed E-state index contributed by atoms with van der Waals surface area (Å²) in [4.78, 5) is 14.0. The number of fused-ring (bicyclic) bond motifs is 1. The zero-order chi connectivity index (χ0) is 14.8. The number of likely N-dealkylation sites (tertiary alicyclic amines) is 1. The van der Waals surface area contributed by atoms with Gasteiger partial charge in [0.25, 0.3) is 0 Å². The summed E-state index contributed by atoms with van der Waals surface area (Å²) in [5, 5.41) is 9.19. The molecule has 0 N–H and O–H groups in total. The number of allylic oxidation sites excluding steroid dienone is 4. The van der Waals surface area contributed by atoms with Crippen LogP contribution in [0.5, 0.6) is 5.75 Å². The molecule has 2 atom stereocenters. The van der Waals surface area contributed by atoms with Crippen LogP contribution in [0.4, 0.5) is 0 Å². The molecule has 1 aliphatic heterocycles. The minimum atomic E-state index is -0.199. The topological polar surface area (TPSA) is 53.3 Å². The van der Waals surface area contributed by atoms with Crippen LogP contribution in [0.3, 0.4) is 0 Å². The van der Waals surface area contributed by atoms with Crippen molar-refractivity contribution in [3.63, 3.8) is 0 Å². The Labute approximate surface area is 123 Å². The maximum Gasteiger partial charge on any atom is 0.227 e. The van der Waals surface area contributed by atoms with Crippen LogP contribution in [0.1, 0.15) is 12.0 Å². The SMILES string of the molecule is COc1ccc(CN2C(=O)CC3C2=CC=CC3C#N)cc1. The molecule has 0 aromatic heterocycles. The fraction of sp³-hybridized carbons (Fsp3) is 0.294. The second kappa shape index (κ2) is 5.45. The van der Waals surface area contributed by atoms with E-state index >= 15 is 0 Å². The van der Waals surface area contributed by atoms with E-state index in [1.165, 1.54) is 0 Å².